The highest BCUT2D eigenvalue weighted by molar-refractivity contribution is 7.85. The summed E-state index contributed by atoms with van der Waals surface area (Å²) in [6.07, 6.45) is 0.752. The van der Waals surface area contributed by atoms with E-state index >= 15 is 0 Å². The van der Waals surface area contributed by atoms with Gasteiger partial charge in [-0.05, 0) is 45.6 Å². The monoisotopic (exact) mass is 484 g/mol. The third-order valence-corrected chi connectivity index (χ3v) is 10.7. The number of carbonyl (C=O) groups excluding carboxylic acids is 1. The van der Waals surface area contributed by atoms with E-state index in [1.54, 1.807) is 6.92 Å². The van der Waals surface area contributed by atoms with E-state index in [-0.39, 0.29) is 12.4 Å². The summed E-state index contributed by atoms with van der Waals surface area (Å²) >= 11 is 0. The second-order valence-corrected chi connectivity index (χ2v) is 18.5. The summed E-state index contributed by atoms with van der Waals surface area (Å²) in [7, 11) is -2.80. The molecule has 0 aromatic rings. The van der Waals surface area contributed by atoms with Gasteiger partial charge < -0.3 is 18.1 Å². The molecule has 0 fully saturated rings. The van der Waals surface area contributed by atoms with Crippen molar-refractivity contribution in [1.29, 1.82) is 0 Å². The summed E-state index contributed by atoms with van der Waals surface area (Å²) < 4.78 is 48.7. The van der Waals surface area contributed by atoms with Crippen LogP contribution in [0.15, 0.2) is 12.2 Å². The maximum Gasteiger partial charge on any atom is 0.333 e. The van der Waals surface area contributed by atoms with Crippen LogP contribution in [0.4, 0.5) is 0 Å². The van der Waals surface area contributed by atoms with Gasteiger partial charge in [-0.15, -0.1) is 0 Å². The summed E-state index contributed by atoms with van der Waals surface area (Å²) in [5, 5.41) is 0. The van der Waals surface area contributed by atoms with Crippen molar-refractivity contribution in [2.75, 3.05) is 46.2 Å². The highest BCUT2D eigenvalue weighted by atomic mass is 32.2. The third-order valence-electron chi connectivity index (χ3n) is 4.24. The van der Waals surface area contributed by atoms with Crippen molar-refractivity contribution in [2.45, 2.75) is 58.1 Å². The molecule has 1 N–H and O–H groups in total. The number of quaternary nitrogens is 1. The maximum absolute atomic E-state index is 12.0. The predicted molar refractivity (Wildman–Crippen MR) is 125 cm³/mol. The quantitative estimate of drug-likeness (QED) is 0.0897. The zero-order valence-corrected chi connectivity index (χ0v) is 22.7. The number of hydrogen-bond donors (Lipinski definition) is 1. The Labute approximate surface area is 185 Å². The molecule has 0 aliphatic heterocycles. The van der Waals surface area contributed by atoms with Crippen LogP contribution in [0.3, 0.4) is 0 Å². The smallest absolute Gasteiger partial charge is 0.333 e. The molecule has 0 heterocycles. The number of ether oxygens (including phenoxy) is 2. The Morgan fingerprint density at radius 3 is 2.33 bits per heavy atom. The van der Waals surface area contributed by atoms with Gasteiger partial charge in [-0.2, -0.15) is 8.42 Å². The van der Waals surface area contributed by atoms with E-state index in [0.717, 1.165) is 12.5 Å². The van der Waals surface area contributed by atoms with Crippen molar-refractivity contribution in [3.05, 3.63) is 12.2 Å². The first-order valence-electron chi connectivity index (χ1n) is 10.4. The van der Waals surface area contributed by atoms with Gasteiger partial charge in [-0.3, -0.25) is 4.55 Å². The Kier molecular flexibility index (Phi) is 12.8. The van der Waals surface area contributed by atoms with Crippen LogP contribution in [0.2, 0.25) is 32.2 Å². The van der Waals surface area contributed by atoms with Crippen molar-refractivity contribution in [3.8, 4) is 0 Å². The van der Waals surface area contributed by atoms with E-state index in [9.17, 15) is 13.2 Å². The van der Waals surface area contributed by atoms with Crippen LogP contribution >= 0.6 is 0 Å². The van der Waals surface area contributed by atoms with Crippen molar-refractivity contribution in [2.24, 2.45) is 0 Å². The average Bonchev–Trinajstić information content (AvgIpc) is 2.50. The minimum Gasteiger partial charge on any atom is -0.458 e. The van der Waals surface area contributed by atoms with Gasteiger partial charge in [0.05, 0.1) is 33.0 Å². The van der Waals surface area contributed by atoms with Crippen LogP contribution in [0, 0.1) is 0 Å². The largest absolute Gasteiger partial charge is 0.458 e. The SMILES string of the molecule is C=C(C)C(=O)OC(COCCC[SiH](C)O[Si](C)(C)C)C[N+](C)(C)CCCS(=O)(=O)O. The molecular formula is C19H42NO7SSi2+. The normalized spacial score (nSPS) is 14.9. The lowest BCUT2D eigenvalue weighted by atomic mass is 10.2. The molecular weight excluding hydrogens is 442 g/mol. The third kappa shape index (κ3) is 17.1. The van der Waals surface area contributed by atoms with Crippen molar-refractivity contribution in [3.63, 3.8) is 0 Å². The molecule has 178 valence electrons. The molecule has 0 aromatic carbocycles. The molecule has 0 radical (unpaired) electrons. The summed E-state index contributed by atoms with van der Waals surface area (Å²) in [5.41, 5.74) is 0.319. The zero-order valence-electron chi connectivity index (χ0n) is 19.8. The Bertz CT molecular complexity index is 648. The molecule has 8 nitrogen and oxygen atoms in total. The predicted octanol–water partition coefficient (Wildman–Crippen LogP) is 2.44. The van der Waals surface area contributed by atoms with E-state index in [1.165, 1.54) is 0 Å². The van der Waals surface area contributed by atoms with Gasteiger partial charge in [0.2, 0.25) is 0 Å². The molecule has 11 heteroatoms. The lowest BCUT2D eigenvalue weighted by Crippen LogP contribution is -2.48. The average molecular weight is 485 g/mol. The maximum atomic E-state index is 12.0. The van der Waals surface area contributed by atoms with Crippen LogP contribution in [0.5, 0.6) is 0 Å². The topological polar surface area (TPSA) is 99.1 Å². The molecule has 2 unspecified atom stereocenters. The molecule has 0 bridgehead atoms. The minimum absolute atomic E-state index is 0.268. The van der Waals surface area contributed by atoms with Gasteiger partial charge in [0.15, 0.2) is 23.5 Å². The van der Waals surface area contributed by atoms with E-state index < -0.39 is 39.5 Å². The standard InChI is InChI=1S/C19H41NO7SSi2/c1-17(2)19(21)26-18(15-20(3,4)11-9-13-28(22,23)24)16-25-12-10-14-29(5)27-30(6,7)8/h18,29H,1,9-16H2,2-8H3/p+1. The number of carbonyl (C=O) groups is 1. The lowest BCUT2D eigenvalue weighted by Gasteiger charge is -2.33. The molecule has 0 aliphatic carbocycles. The molecule has 0 amide bonds. The van der Waals surface area contributed by atoms with Gasteiger partial charge in [-0.25, -0.2) is 4.79 Å². The minimum atomic E-state index is -3.98. The Morgan fingerprint density at radius 1 is 1.23 bits per heavy atom. The van der Waals surface area contributed by atoms with Crippen LogP contribution < -0.4 is 0 Å². The van der Waals surface area contributed by atoms with Crippen LogP contribution in [0.1, 0.15) is 19.8 Å². The molecule has 2 atom stereocenters. The van der Waals surface area contributed by atoms with Crippen molar-refractivity contribution < 1.29 is 35.8 Å². The Hall–Kier alpha value is -0.566. The number of hydrogen-bond acceptors (Lipinski definition) is 6. The van der Waals surface area contributed by atoms with E-state index in [4.69, 9.17) is 18.1 Å². The van der Waals surface area contributed by atoms with E-state index in [0.29, 0.717) is 36.2 Å². The summed E-state index contributed by atoms with van der Waals surface area (Å²) in [5.74, 6) is -0.755. The van der Waals surface area contributed by atoms with Crippen LogP contribution in [0.25, 0.3) is 0 Å². The fourth-order valence-corrected chi connectivity index (χ4v) is 9.58. The zero-order chi connectivity index (χ0) is 23.6. The van der Waals surface area contributed by atoms with E-state index in [2.05, 4.69) is 32.8 Å². The van der Waals surface area contributed by atoms with Gasteiger partial charge in [0.1, 0.15) is 6.54 Å². The van der Waals surface area contributed by atoms with E-state index in [1.807, 2.05) is 14.1 Å². The number of rotatable bonds is 16. The second kappa shape index (κ2) is 13.1. The van der Waals surface area contributed by atoms with Crippen LogP contribution in [-0.4, -0.2) is 93.0 Å². The number of nitrogens with zero attached hydrogens (tertiary/aromatic N) is 1. The Balaban J connectivity index is 4.60. The fourth-order valence-electron chi connectivity index (χ4n) is 3.04. The number of likely N-dealkylation sites (N-methyl/N-ethyl adjacent to an activating group) is 1. The summed E-state index contributed by atoms with van der Waals surface area (Å²) in [6.45, 7) is 15.8. The van der Waals surface area contributed by atoms with Crippen molar-refractivity contribution >= 4 is 33.4 Å². The van der Waals surface area contributed by atoms with Gasteiger partial charge in [0.25, 0.3) is 10.1 Å². The first-order valence-corrected chi connectivity index (χ1v) is 17.9. The molecule has 0 aliphatic rings. The summed E-state index contributed by atoms with van der Waals surface area (Å²) in [6, 6.07) is 1.04. The molecule has 30 heavy (non-hydrogen) atoms. The first-order chi connectivity index (χ1) is 13.5. The lowest BCUT2D eigenvalue weighted by molar-refractivity contribution is -0.893. The second-order valence-electron chi connectivity index (χ2n) is 9.55. The highest BCUT2D eigenvalue weighted by Crippen LogP contribution is 2.11. The molecule has 0 saturated heterocycles. The van der Waals surface area contributed by atoms with Gasteiger partial charge in [0, 0.05) is 18.6 Å². The Morgan fingerprint density at radius 2 is 1.83 bits per heavy atom. The highest BCUT2D eigenvalue weighted by Gasteiger charge is 2.26. The van der Waals surface area contributed by atoms with Gasteiger partial charge in [-0.1, -0.05) is 6.58 Å². The molecule has 0 rings (SSSR count). The fraction of sp³-hybridized carbons (Fsp3) is 0.842. The molecule has 0 spiro atoms. The van der Waals surface area contributed by atoms with Crippen molar-refractivity contribution in [1.82, 2.24) is 0 Å². The number of esters is 1. The van der Waals surface area contributed by atoms with Gasteiger partial charge >= 0.3 is 5.97 Å². The summed E-state index contributed by atoms with van der Waals surface area (Å²) in [4.78, 5) is 12.0. The first kappa shape index (κ1) is 29.4. The van der Waals surface area contributed by atoms with Crippen LogP contribution in [-0.2, 0) is 28.5 Å². The molecule has 0 saturated carbocycles. The molecule has 0 aromatic heterocycles.